The first-order valence-electron chi connectivity index (χ1n) is 10.7. The molecule has 1 amide bonds. The van der Waals surface area contributed by atoms with E-state index in [1.54, 1.807) is 18.4 Å². The number of nitrogens with zero attached hydrogens (tertiary/aromatic N) is 3. The van der Waals surface area contributed by atoms with Crippen LogP contribution in [-0.4, -0.2) is 63.7 Å². The summed E-state index contributed by atoms with van der Waals surface area (Å²) in [6.45, 7) is 13.8. The third kappa shape index (κ3) is 4.50. The zero-order valence-electron chi connectivity index (χ0n) is 19.7. The lowest BCUT2D eigenvalue weighted by molar-refractivity contribution is -0.118. The number of hydrogen-bond donors (Lipinski definition) is 4. The molecule has 2 aromatic heterocycles. The van der Waals surface area contributed by atoms with Gasteiger partial charge in [0.2, 0.25) is 11.9 Å². The highest BCUT2D eigenvalue weighted by Crippen LogP contribution is 2.41. The molecule has 1 unspecified atom stereocenters. The molecule has 4 atom stereocenters. The smallest absolute Gasteiger partial charge is 0.280 e. The van der Waals surface area contributed by atoms with Crippen molar-refractivity contribution >= 4 is 31.3 Å². The molecule has 1 aliphatic heterocycles. The zero-order valence-corrected chi connectivity index (χ0v) is 20.7. The fourth-order valence-electron chi connectivity index (χ4n) is 3.22. The Morgan fingerprint density at radius 3 is 2.66 bits per heavy atom. The van der Waals surface area contributed by atoms with E-state index < -0.39 is 38.4 Å². The number of aliphatic hydroxyl groups excluding tert-OH is 1. The number of hydrogen-bond acceptors (Lipinski definition) is 8. The lowest BCUT2D eigenvalue weighted by atomic mass is 10.1. The van der Waals surface area contributed by atoms with Gasteiger partial charge in [0.15, 0.2) is 25.7 Å². The second-order valence-electron chi connectivity index (χ2n) is 10.1. The average molecular weight is 467 g/mol. The minimum absolute atomic E-state index is 0.0193. The van der Waals surface area contributed by atoms with Crippen LogP contribution >= 0.6 is 0 Å². The fourth-order valence-corrected chi connectivity index (χ4v) is 4.53. The molecule has 0 aliphatic carbocycles. The Kier molecular flexibility index (Phi) is 6.64. The SMILES string of the molecule is CC(C)C(=O)Nc1nc2c(ncn2[C@@H]2O[C@H](CO)C(N)[C@@H]2O[Si](C)(C)C(C)(C)C)c(=O)[nH]1. The summed E-state index contributed by atoms with van der Waals surface area (Å²) in [7, 11) is -2.25. The van der Waals surface area contributed by atoms with Gasteiger partial charge in [-0.25, -0.2) is 4.98 Å². The van der Waals surface area contributed by atoms with Crippen molar-refractivity contribution in [3.8, 4) is 0 Å². The summed E-state index contributed by atoms with van der Waals surface area (Å²) in [6.07, 6.45) is -0.529. The number of ether oxygens (including phenoxy) is 1. The van der Waals surface area contributed by atoms with E-state index in [9.17, 15) is 14.7 Å². The molecule has 0 spiro atoms. The molecule has 0 saturated carbocycles. The number of carbonyl (C=O) groups excluding carboxylic acids is 1. The topological polar surface area (TPSA) is 157 Å². The van der Waals surface area contributed by atoms with Crippen molar-refractivity contribution in [1.29, 1.82) is 0 Å². The maximum Gasteiger partial charge on any atom is 0.280 e. The molecule has 0 aromatic carbocycles. The fraction of sp³-hybridized carbons (Fsp3) is 0.700. The summed E-state index contributed by atoms with van der Waals surface area (Å²) in [5.41, 5.74) is 6.26. The van der Waals surface area contributed by atoms with Crippen LogP contribution in [0.4, 0.5) is 5.95 Å². The van der Waals surface area contributed by atoms with Crippen molar-refractivity contribution in [2.45, 2.75) is 77.2 Å². The van der Waals surface area contributed by atoms with Crippen molar-refractivity contribution in [3.05, 3.63) is 16.7 Å². The second kappa shape index (κ2) is 8.67. The van der Waals surface area contributed by atoms with Gasteiger partial charge in [0, 0.05) is 5.92 Å². The second-order valence-corrected chi connectivity index (χ2v) is 14.8. The monoisotopic (exact) mass is 466 g/mol. The number of aromatic nitrogens is 4. The van der Waals surface area contributed by atoms with Gasteiger partial charge in [-0.2, -0.15) is 4.98 Å². The van der Waals surface area contributed by atoms with Crippen molar-refractivity contribution < 1.29 is 19.1 Å². The van der Waals surface area contributed by atoms with E-state index in [4.69, 9.17) is 14.9 Å². The van der Waals surface area contributed by atoms with E-state index in [1.165, 1.54) is 6.33 Å². The molecular weight excluding hydrogens is 432 g/mol. The van der Waals surface area contributed by atoms with Gasteiger partial charge in [-0.1, -0.05) is 34.6 Å². The quantitative estimate of drug-likeness (QED) is 0.464. The number of rotatable bonds is 6. The van der Waals surface area contributed by atoms with E-state index in [1.807, 2.05) is 0 Å². The van der Waals surface area contributed by atoms with Crippen LogP contribution in [0, 0.1) is 5.92 Å². The summed E-state index contributed by atoms with van der Waals surface area (Å²) in [6, 6.07) is -0.585. The third-order valence-electron chi connectivity index (χ3n) is 6.29. The molecule has 178 valence electrons. The van der Waals surface area contributed by atoms with Crippen LogP contribution in [0.25, 0.3) is 11.2 Å². The van der Waals surface area contributed by atoms with Gasteiger partial charge in [0.25, 0.3) is 5.56 Å². The number of H-pyrrole nitrogens is 1. The predicted octanol–water partition coefficient (Wildman–Crippen LogP) is 1.32. The Labute approximate surface area is 187 Å². The third-order valence-corrected chi connectivity index (χ3v) is 10.8. The molecule has 0 radical (unpaired) electrons. The van der Waals surface area contributed by atoms with Crippen molar-refractivity contribution in [2.75, 3.05) is 11.9 Å². The highest BCUT2D eigenvalue weighted by atomic mass is 28.4. The molecule has 32 heavy (non-hydrogen) atoms. The molecule has 1 aliphatic rings. The molecule has 3 rings (SSSR count). The number of amides is 1. The molecule has 3 heterocycles. The number of nitrogens with one attached hydrogen (secondary N) is 2. The minimum Gasteiger partial charge on any atom is -0.408 e. The van der Waals surface area contributed by atoms with E-state index in [-0.39, 0.29) is 40.6 Å². The largest absolute Gasteiger partial charge is 0.408 e. The normalized spacial score (nSPS) is 24.4. The summed E-state index contributed by atoms with van der Waals surface area (Å²) in [4.78, 5) is 35.8. The summed E-state index contributed by atoms with van der Waals surface area (Å²) >= 11 is 0. The number of nitrogens with two attached hydrogens (primary N) is 1. The Bertz CT molecular complexity index is 1040. The van der Waals surface area contributed by atoms with Crippen LogP contribution in [0.2, 0.25) is 18.1 Å². The molecule has 11 nitrogen and oxygen atoms in total. The standard InChI is InChI=1S/C20H34N6O5Si/c1-10(2)16(28)24-19-23-15-13(17(29)25-19)22-9-26(15)18-14(12(21)11(8-27)30-18)31-32(6,7)20(3,4)5/h9-12,14,18,27H,8,21H2,1-7H3,(H2,23,24,25,28,29)/t11-,12?,14+,18-/m1/s1. The average Bonchev–Trinajstić information content (AvgIpc) is 3.22. The van der Waals surface area contributed by atoms with Gasteiger partial charge in [-0.05, 0) is 18.1 Å². The molecule has 1 saturated heterocycles. The number of imidazole rings is 1. The van der Waals surface area contributed by atoms with Crippen LogP contribution < -0.4 is 16.6 Å². The predicted molar refractivity (Wildman–Crippen MR) is 123 cm³/mol. The summed E-state index contributed by atoms with van der Waals surface area (Å²) in [5, 5.41) is 12.3. The minimum atomic E-state index is -2.25. The molecule has 5 N–H and O–H groups in total. The van der Waals surface area contributed by atoms with Crippen molar-refractivity contribution in [1.82, 2.24) is 19.5 Å². The van der Waals surface area contributed by atoms with E-state index in [2.05, 4.69) is 54.1 Å². The van der Waals surface area contributed by atoms with Crippen molar-refractivity contribution in [3.63, 3.8) is 0 Å². The first kappa shape index (κ1) is 24.5. The van der Waals surface area contributed by atoms with Crippen LogP contribution in [0.15, 0.2) is 11.1 Å². The molecule has 1 fully saturated rings. The van der Waals surface area contributed by atoms with Crippen LogP contribution in [0.5, 0.6) is 0 Å². The van der Waals surface area contributed by atoms with Crippen molar-refractivity contribution in [2.24, 2.45) is 11.7 Å². The highest BCUT2D eigenvalue weighted by molar-refractivity contribution is 6.74. The van der Waals surface area contributed by atoms with Gasteiger partial charge < -0.3 is 20.0 Å². The maximum absolute atomic E-state index is 12.6. The van der Waals surface area contributed by atoms with Gasteiger partial charge in [0.05, 0.1) is 19.0 Å². The first-order valence-corrected chi connectivity index (χ1v) is 13.6. The van der Waals surface area contributed by atoms with Crippen LogP contribution in [0.1, 0.15) is 40.8 Å². The number of aromatic amines is 1. The van der Waals surface area contributed by atoms with Gasteiger partial charge in [0.1, 0.15) is 12.2 Å². The Morgan fingerprint density at radius 2 is 2.09 bits per heavy atom. The van der Waals surface area contributed by atoms with Gasteiger partial charge in [-0.15, -0.1) is 0 Å². The lowest BCUT2D eigenvalue weighted by Gasteiger charge is -2.40. The maximum atomic E-state index is 12.6. The number of aliphatic hydroxyl groups is 1. The Morgan fingerprint density at radius 1 is 1.44 bits per heavy atom. The van der Waals surface area contributed by atoms with E-state index in [0.29, 0.717) is 0 Å². The Hall–Kier alpha value is -2.12. The van der Waals surface area contributed by atoms with E-state index >= 15 is 0 Å². The number of anilines is 1. The van der Waals surface area contributed by atoms with Crippen LogP contribution in [0.3, 0.4) is 0 Å². The van der Waals surface area contributed by atoms with Gasteiger partial charge >= 0.3 is 0 Å². The summed E-state index contributed by atoms with van der Waals surface area (Å²) < 4.78 is 14.2. The number of fused-ring (bicyclic) bond motifs is 1. The van der Waals surface area contributed by atoms with E-state index in [0.717, 1.165) is 0 Å². The molecule has 12 heteroatoms. The lowest BCUT2D eigenvalue weighted by Crippen LogP contribution is -2.51. The number of carbonyl (C=O) groups is 1. The zero-order chi connectivity index (χ0) is 24.0. The highest BCUT2D eigenvalue weighted by Gasteiger charge is 2.49. The summed E-state index contributed by atoms with van der Waals surface area (Å²) in [5.74, 6) is -0.548. The molecular formula is C20H34N6O5Si. The molecule has 2 aromatic rings. The Balaban J connectivity index is 2.05. The van der Waals surface area contributed by atoms with Crippen LogP contribution in [-0.2, 0) is 14.0 Å². The molecule has 0 bridgehead atoms. The van der Waals surface area contributed by atoms with Gasteiger partial charge in [-0.3, -0.25) is 24.5 Å². The first-order chi connectivity index (χ1) is 14.8.